The highest BCUT2D eigenvalue weighted by Crippen LogP contribution is 2.28. The van der Waals surface area contributed by atoms with Crippen LogP contribution in [0.3, 0.4) is 0 Å². The van der Waals surface area contributed by atoms with Crippen molar-refractivity contribution in [3.8, 4) is 0 Å². The lowest BCUT2D eigenvalue weighted by Gasteiger charge is -2.33. The predicted molar refractivity (Wildman–Crippen MR) is 85.6 cm³/mol. The Balaban J connectivity index is 2.02. The molecule has 1 heterocycles. The van der Waals surface area contributed by atoms with E-state index >= 15 is 0 Å². The second-order valence-electron chi connectivity index (χ2n) is 5.52. The summed E-state index contributed by atoms with van der Waals surface area (Å²) in [6.45, 7) is 2.65. The molecule has 3 nitrogen and oxygen atoms in total. The summed E-state index contributed by atoms with van der Waals surface area (Å²) in [5, 5.41) is 0. The number of aryl methyl sites for hydroxylation is 1. The van der Waals surface area contributed by atoms with Gasteiger partial charge in [-0.25, -0.2) is 0 Å². The lowest BCUT2D eigenvalue weighted by Crippen LogP contribution is -2.46. The second kappa shape index (κ2) is 5.70. The fraction of sp³-hybridized carbons (Fsp3) is 0.278. The first kappa shape index (κ1) is 13.8. The summed E-state index contributed by atoms with van der Waals surface area (Å²) >= 11 is 0. The molecule has 0 aromatic heterocycles. The zero-order chi connectivity index (χ0) is 14.8. The molecule has 0 bridgehead atoms. The van der Waals surface area contributed by atoms with Gasteiger partial charge in [0.2, 0.25) is 0 Å². The number of nitrogens with zero attached hydrogens (tertiary/aromatic N) is 1. The van der Waals surface area contributed by atoms with Crippen LogP contribution in [-0.2, 0) is 12.8 Å². The van der Waals surface area contributed by atoms with E-state index in [2.05, 4.69) is 13.0 Å². The molecule has 108 valence electrons. The zero-order valence-corrected chi connectivity index (χ0v) is 12.3. The van der Waals surface area contributed by atoms with E-state index in [1.165, 1.54) is 0 Å². The van der Waals surface area contributed by atoms with Crippen molar-refractivity contribution in [3.05, 3.63) is 65.2 Å². The molecule has 2 aromatic rings. The first-order valence-corrected chi connectivity index (χ1v) is 7.44. The molecular weight excluding hydrogens is 260 g/mol. The van der Waals surface area contributed by atoms with Gasteiger partial charge in [-0.1, -0.05) is 43.3 Å². The van der Waals surface area contributed by atoms with E-state index < -0.39 is 0 Å². The maximum atomic E-state index is 13.0. The number of carbonyl (C=O) groups is 1. The number of hydrogen-bond acceptors (Lipinski definition) is 2. The van der Waals surface area contributed by atoms with Crippen molar-refractivity contribution in [3.63, 3.8) is 0 Å². The van der Waals surface area contributed by atoms with Crippen LogP contribution in [0, 0.1) is 0 Å². The molecule has 2 aromatic carbocycles. The van der Waals surface area contributed by atoms with Crippen LogP contribution in [0.2, 0.25) is 0 Å². The first-order chi connectivity index (χ1) is 10.2. The Hall–Kier alpha value is -2.13. The topological polar surface area (TPSA) is 46.3 Å². The monoisotopic (exact) mass is 280 g/mol. The van der Waals surface area contributed by atoms with Crippen LogP contribution in [0.4, 0.5) is 5.69 Å². The van der Waals surface area contributed by atoms with Crippen LogP contribution in [0.5, 0.6) is 0 Å². The Morgan fingerprint density at radius 3 is 2.71 bits per heavy atom. The Morgan fingerprint density at radius 2 is 1.90 bits per heavy atom. The minimum Gasteiger partial charge on any atom is -0.326 e. The van der Waals surface area contributed by atoms with Crippen molar-refractivity contribution in [2.45, 2.75) is 25.8 Å². The van der Waals surface area contributed by atoms with E-state index in [0.29, 0.717) is 6.54 Å². The molecule has 1 unspecified atom stereocenters. The van der Waals surface area contributed by atoms with Gasteiger partial charge in [0, 0.05) is 23.8 Å². The van der Waals surface area contributed by atoms with Crippen LogP contribution in [0.25, 0.3) is 0 Å². The largest absolute Gasteiger partial charge is 0.326 e. The van der Waals surface area contributed by atoms with Gasteiger partial charge in [-0.2, -0.15) is 0 Å². The van der Waals surface area contributed by atoms with Crippen LogP contribution in [-0.4, -0.2) is 18.5 Å². The molecule has 3 heteroatoms. The molecule has 0 aliphatic carbocycles. The number of anilines is 1. The Labute approximate surface area is 125 Å². The van der Waals surface area contributed by atoms with Gasteiger partial charge >= 0.3 is 0 Å². The third kappa shape index (κ3) is 2.57. The lowest BCUT2D eigenvalue weighted by molar-refractivity contribution is 0.0982. The molecule has 0 saturated heterocycles. The fourth-order valence-electron chi connectivity index (χ4n) is 3.00. The number of para-hydroxylation sites is 1. The minimum atomic E-state index is -0.00219. The number of rotatable bonds is 2. The summed E-state index contributed by atoms with van der Waals surface area (Å²) < 4.78 is 0. The molecule has 21 heavy (non-hydrogen) atoms. The number of carbonyl (C=O) groups excluding carboxylic acids is 1. The predicted octanol–water partition coefficient (Wildman–Crippen LogP) is 2.78. The summed E-state index contributed by atoms with van der Waals surface area (Å²) in [7, 11) is 0. The number of amides is 1. The van der Waals surface area contributed by atoms with Crippen molar-refractivity contribution >= 4 is 11.6 Å². The van der Waals surface area contributed by atoms with E-state index in [9.17, 15) is 4.79 Å². The smallest absolute Gasteiger partial charge is 0.258 e. The van der Waals surface area contributed by atoms with E-state index in [1.54, 1.807) is 0 Å². The number of fused-ring (bicyclic) bond motifs is 1. The Morgan fingerprint density at radius 1 is 1.19 bits per heavy atom. The highest BCUT2D eigenvalue weighted by atomic mass is 16.2. The molecule has 1 aliphatic rings. The van der Waals surface area contributed by atoms with E-state index in [4.69, 9.17) is 5.73 Å². The number of benzene rings is 2. The van der Waals surface area contributed by atoms with Crippen LogP contribution in [0.1, 0.15) is 28.4 Å². The summed E-state index contributed by atoms with van der Waals surface area (Å²) in [5.41, 5.74) is 10.1. The second-order valence-corrected chi connectivity index (χ2v) is 5.52. The molecular formula is C18H20N2O. The highest BCUT2D eigenvalue weighted by molar-refractivity contribution is 6.07. The van der Waals surface area contributed by atoms with Gasteiger partial charge in [0.15, 0.2) is 0 Å². The van der Waals surface area contributed by atoms with Crippen LogP contribution < -0.4 is 10.6 Å². The third-order valence-corrected chi connectivity index (χ3v) is 4.06. The molecule has 2 N–H and O–H groups in total. The van der Waals surface area contributed by atoms with Gasteiger partial charge in [0.05, 0.1) is 0 Å². The van der Waals surface area contributed by atoms with Gasteiger partial charge in [-0.3, -0.25) is 4.79 Å². The van der Waals surface area contributed by atoms with Gasteiger partial charge in [-0.05, 0) is 36.1 Å². The molecule has 1 aliphatic heterocycles. The molecule has 0 fully saturated rings. The maximum absolute atomic E-state index is 13.0. The van der Waals surface area contributed by atoms with E-state index in [0.717, 1.165) is 35.2 Å². The van der Waals surface area contributed by atoms with Gasteiger partial charge in [0.25, 0.3) is 5.91 Å². The normalized spacial score (nSPS) is 17.4. The van der Waals surface area contributed by atoms with E-state index in [-0.39, 0.29) is 11.9 Å². The van der Waals surface area contributed by atoms with Gasteiger partial charge in [0.1, 0.15) is 0 Å². The van der Waals surface area contributed by atoms with Crippen molar-refractivity contribution in [1.82, 2.24) is 0 Å². The van der Waals surface area contributed by atoms with E-state index in [1.807, 2.05) is 47.4 Å². The summed E-state index contributed by atoms with van der Waals surface area (Å²) in [5.74, 6) is 0.0510. The molecule has 1 amide bonds. The minimum absolute atomic E-state index is 0.00219. The van der Waals surface area contributed by atoms with Gasteiger partial charge in [-0.15, -0.1) is 0 Å². The number of nitrogens with two attached hydrogens (primary N) is 1. The van der Waals surface area contributed by atoms with Gasteiger partial charge < -0.3 is 10.6 Å². The van der Waals surface area contributed by atoms with Crippen molar-refractivity contribution in [2.75, 3.05) is 11.4 Å². The average Bonchev–Trinajstić information content (AvgIpc) is 2.53. The molecule has 0 spiro atoms. The molecule has 0 radical (unpaired) electrons. The van der Waals surface area contributed by atoms with Crippen molar-refractivity contribution in [2.24, 2.45) is 5.73 Å². The van der Waals surface area contributed by atoms with Crippen molar-refractivity contribution < 1.29 is 4.79 Å². The zero-order valence-electron chi connectivity index (χ0n) is 12.3. The lowest BCUT2D eigenvalue weighted by atomic mass is 9.96. The first-order valence-electron chi connectivity index (χ1n) is 7.44. The summed E-state index contributed by atoms with van der Waals surface area (Å²) in [4.78, 5) is 14.8. The van der Waals surface area contributed by atoms with Crippen LogP contribution in [0.15, 0.2) is 48.5 Å². The highest BCUT2D eigenvalue weighted by Gasteiger charge is 2.27. The SMILES string of the molecule is CCc1ccccc1C(=O)N1CC(N)Cc2ccccc21. The number of hydrogen-bond donors (Lipinski definition) is 1. The quantitative estimate of drug-likeness (QED) is 0.919. The standard InChI is InChI=1S/C18H20N2O/c1-2-13-7-3-5-9-16(13)18(21)20-12-15(19)11-14-8-4-6-10-17(14)20/h3-10,15H,2,11-12,19H2,1H3. The Bertz CT molecular complexity index is 666. The fourth-order valence-corrected chi connectivity index (χ4v) is 3.00. The molecule has 1 atom stereocenters. The third-order valence-electron chi connectivity index (χ3n) is 4.06. The van der Waals surface area contributed by atoms with Crippen molar-refractivity contribution in [1.29, 1.82) is 0 Å². The Kier molecular flexibility index (Phi) is 3.76. The maximum Gasteiger partial charge on any atom is 0.258 e. The average molecular weight is 280 g/mol. The van der Waals surface area contributed by atoms with Crippen LogP contribution >= 0.6 is 0 Å². The molecule has 3 rings (SSSR count). The molecule has 0 saturated carbocycles. The summed E-state index contributed by atoms with van der Waals surface area (Å²) in [6.07, 6.45) is 1.68. The summed E-state index contributed by atoms with van der Waals surface area (Å²) in [6, 6.07) is 15.9.